The average Bonchev–Trinajstić information content (AvgIpc) is 3.44. The van der Waals surface area contributed by atoms with Crippen molar-refractivity contribution in [1.29, 1.82) is 0 Å². The smallest absolute Gasteiger partial charge is 0.416 e. The van der Waals surface area contributed by atoms with Gasteiger partial charge in [-0.2, -0.15) is 13.2 Å². The van der Waals surface area contributed by atoms with Gasteiger partial charge in [0.25, 0.3) is 5.91 Å². The van der Waals surface area contributed by atoms with E-state index in [1.54, 1.807) is 30.9 Å². The molecule has 1 aromatic carbocycles. The normalized spacial score (nSPS) is 16.4. The highest BCUT2D eigenvalue weighted by Gasteiger charge is 2.31. The number of amides is 2. The summed E-state index contributed by atoms with van der Waals surface area (Å²) < 4.78 is 49.5. The topological polar surface area (TPSA) is 63.0 Å². The summed E-state index contributed by atoms with van der Waals surface area (Å²) >= 11 is 0. The Morgan fingerprint density at radius 2 is 1.88 bits per heavy atom. The molecule has 2 amide bonds. The molecule has 2 heterocycles. The first-order chi connectivity index (χ1) is 15.1. The molecule has 6 nitrogen and oxygen atoms in total. The summed E-state index contributed by atoms with van der Waals surface area (Å²) in [6.45, 7) is 4.58. The van der Waals surface area contributed by atoms with Crippen LogP contribution in [0.4, 0.5) is 13.2 Å². The predicted molar refractivity (Wildman–Crippen MR) is 111 cm³/mol. The van der Waals surface area contributed by atoms with Gasteiger partial charge in [-0.05, 0) is 63.1 Å². The molecule has 0 aliphatic carbocycles. The molecule has 32 heavy (non-hydrogen) atoms. The van der Waals surface area contributed by atoms with Gasteiger partial charge in [0.15, 0.2) is 0 Å². The Labute approximate surface area is 184 Å². The number of rotatable bonds is 8. The second kappa shape index (κ2) is 10.2. The fraction of sp³-hybridized carbons (Fsp3) is 0.478. The molecule has 0 radical (unpaired) electrons. The molecule has 1 aliphatic rings. The molecule has 0 saturated carbocycles. The van der Waals surface area contributed by atoms with Crippen molar-refractivity contribution in [2.45, 2.75) is 51.6 Å². The summed E-state index contributed by atoms with van der Waals surface area (Å²) in [5, 5.41) is 0. The summed E-state index contributed by atoms with van der Waals surface area (Å²) in [7, 11) is 0. The number of hydrogen-bond acceptors (Lipinski definition) is 4. The van der Waals surface area contributed by atoms with Crippen molar-refractivity contribution >= 4 is 11.8 Å². The standard InChI is InChI=1S/C23H27F3N2O4/c1-16(2)28(22(30)17-7-9-18(10-8-17)23(24,25)26)15-21(29)27(13-19-5-3-11-31-19)14-20-6-4-12-32-20/h3,5,7-11,16,20H,4,6,12-15H2,1-2H3. The average molecular weight is 452 g/mol. The third-order valence-corrected chi connectivity index (χ3v) is 5.38. The number of alkyl halides is 3. The maximum atomic E-state index is 13.2. The van der Waals surface area contributed by atoms with Gasteiger partial charge < -0.3 is 19.0 Å². The van der Waals surface area contributed by atoms with Gasteiger partial charge in [-0.1, -0.05) is 0 Å². The largest absolute Gasteiger partial charge is 0.467 e. The highest BCUT2D eigenvalue weighted by Crippen LogP contribution is 2.29. The van der Waals surface area contributed by atoms with Crippen LogP contribution in [0.25, 0.3) is 0 Å². The van der Waals surface area contributed by atoms with Crippen LogP contribution in [-0.4, -0.2) is 53.5 Å². The lowest BCUT2D eigenvalue weighted by molar-refractivity contribution is -0.137. The van der Waals surface area contributed by atoms with Gasteiger partial charge in [-0.25, -0.2) is 0 Å². The van der Waals surface area contributed by atoms with Crippen LogP contribution in [0.2, 0.25) is 0 Å². The Bertz CT molecular complexity index is 889. The first kappa shape index (κ1) is 23.8. The molecule has 3 rings (SSSR count). The van der Waals surface area contributed by atoms with E-state index in [9.17, 15) is 22.8 Å². The molecule has 1 unspecified atom stereocenters. The number of hydrogen-bond donors (Lipinski definition) is 0. The van der Waals surface area contributed by atoms with E-state index in [2.05, 4.69) is 0 Å². The van der Waals surface area contributed by atoms with E-state index in [1.165, 1.54) is 11.2 Å². The molecule has 1 aromatic heterocycles. The van der Waals surface area contributed by atoms with E-state index in [4.69, 9.17) is 9.15 Å². The van der Waals surface area contributed by atoms with E-state index in [0.717, 1.165) is 37.1 Å². The molecule has 1 saturated heterocycles. The summed E-state index contributed by atoms with van der Waals surface area (Å²) in [5.41, 5.74) is -0.737. The highest BCUT2D eigenvalue weighted by molar-refractivity contribution is 5.96. The molecule has 9 heteroatoms. The van der Waals surface area contributed by atoms with Crippen molar-refractivity contribution < 1.29 is 31.9 Å². The van der Waals surface area contributed by atoms with E-state index < -0.39 is 17.6 Å². The third kappa shape index (κ3) is 6.12. The van der Waals surface area contributed by atoms with Gasteiger partial charge >= 0.3 is 6.18 Å². The molecular formula is C23H27F3N2O4. The second-order valence-corrected chi connectivity index (χ2v) is 8.09. The van der Waals surface area contributed by atoms with Crippen molar-refractivity contribution in [3.05, 3.63) is 59.5 Å². The summed E-state index contributed by atoms with van der Waals surface area (Å²) in [5.74, 6) is -0.176. The minimum Gasteiger partial charge on any atom is -0.467 e. The number of nitrogens with zero attached hydrogens (tertiary/aromatic N) is 2. The van der Waals surface area contributed by atoms with Gasteiger partial charge in [-0.15, -0.1) is 0 Å². The lowest BCUT2D eigenvalue weighted by Crippen LogP contribution is -2.47. The maximum absolute atomic E-state index is 13.2. The Hall–Kier alpha value is -2.81. The molecule has 1 fully saturated rings. The lowest BCUT2D eigenvalue weighted by Gasteiger charge is -2.31. The van der Waals surface area contributed by atoms with Crippen LogP contribution >= 0.6 is 0 Å². The fourth-order valence-electron chi connectivity index (χ4n) is 3.58. The van der Waals surface area contributed by atoms with Crippen LogP contribution in [0.1, 0.15) is 48.4 Å². The van der Waals surface area contributed by atoms with Crippen LogP contribution in [0, 0.1) is 0 Å². The molecule has 2 aromatic rings. The first-order valence-corrected chi connectivity index (χ1v) is 10.5. The molecular weight excluding hydrogens is 425 g/mol. The van der Waals surface area contributed by atoms with Gasteiger partial charge in [0, 0.05) is 24.8 Å². The van der Waals surface area contributed by atoms with Crippen molar-refractivity contribution in [3.8, 4) is 0 Å². The van der Waals surface area contributed by atoms with Crippen molar-refractivity contribution in [2.24, 2.45) is 0 Å². The number of benzene rings is 1. The Morgan fingerprint density at radius 3 is 2.41 bits per heavy atom. The van der Waals surface area contributed by atoms with Crippen LogP contribution in [-0.2, 0) is 22.3 Å². The summed E-state index contributed by atoms with van der Waals surface area (Å²) in [6.07, 6.45) is -1.26. The quantitative estimate of drug-likeness (QED) is 0.597. The van der Waals surface area contributed by atoms with Crippen molar-refractivity contribution in [1.82, 2.24) is 9.80 Å². The Morgan fingerprint density at radius 1 is 1.16 bits per heavy atom. The Kier molecular flexibility index (Phi) is 7.60. The zero-order valence-corrected chi connectivity index (χ0v) is 18.1. The third-order valence-electron chi connectivity index (χ3n) is 5.38. The molecule has 0 spiro atoms. The highest BCUT2D eigenvalue weighted by atomic mass is 19.4. The van der Waals surface area contributed by atoms with E-state index >= 15 is 0 Å². The summed E-state index contributed by atoms with van der Waals surface area (Å²) in [4.78, 5) is 29.1. The fourth-order valence-corrected chi connectivity index (χ4v) is 3.58. The zero-order chi connectivity index (χ0) is 23.3. The number of furan rings is 1. The monoisotopic (exact) mass is 452 g/mol. The lowest BCUT2D eigenvalue weighted by atomic mass is 10.1. The van der Waals surface area contributed by atoms with Crippen LogP contribution in [0.3, 0.4) is 0 Å². The van der Waals surface area contributed by atoms with Gasteiger partial charge in [-0.3, -0.25) is 9.59 Å². The predicted octanol–water partition coefficient (Wildman–Crippen LogP) is 4.36. The minimum absolute atomic E-state index is 0.0768. The number of halogens is 3. The zero-order valence-electron chi connectivity index (χ0n) is 18.1. The molecule has 174 valence electrons. The minimum atomic E-state index is -4.48. The number of carbonyl (C=O) groups excluding carboxylic acids is 2. The van der Waals surface area contributed by atoms with Gasteiger partial charge in [0.2, 0.25) is 5.91 Å². The maximum Gasteiger partial charge on any atom is 0.416 e. The van der Waals surface area contributed by atoms with Crippen molar-refractivity contribution in [3.63, 3.8) is 0 Å². The van der Waals surface area contributed by atoms with Gasteiger partial charge in [0.1, 0.15) is 12.3 Å². The number of carbonyl (C=O) groups is 2. The molecule has 1 aliphatic heterocycles. The van der Waals surface area contributed by atoms with E-state index in [-0.39, 0.29) is 36.7 Å². The SMILES string of the molecule is CC(C)N(CC(=O)N(Cc1ccco1)CC1CCCO1)C(=O)c1ccc(C(F)(F)F)cc1. The Balaban J connectivity index is 1.74. The van der Waals surface area contributed by atoms with E-state index in [1.807, 2.05) is 0 Å². The second-order valence-electron chi connectivity index (χ2n) is 8.09. The van der Waals surface area contributed by atoms with E-state index in [0.29, 0.717) is 18.9 Å². The van der Waals surface area contributed by atoms with Crippen LogP contribution < -0.4 is 0 Å². The van der Waals surface area contributed by atoms with Crippen LogP contribution in [0.15, 0.2) is 47.1 Å². The van der Waals surface area contributed by atoms with Gasteiger partial charge in [0.05, 0.1) is 24.5 Å². The first-order valence-electron chi connectivity index (χ1n) is 10.5. The number of ether oxygens (including phenoxy) is 1. The van der Waals surface area contributed by atoms with Crippen molar-refractivity contribution in [2.75, 3.05) is 19.7 Å². The summed E-state index contributed by atoms with van der Waals surface area (Å²) in [6, 6.07) is 7.18. The molecule has 1 atom stereocenters. The van der Waals surface area contributed by atoms with Crippen LogP contribution in [0.5, 0.6) is 0 Å². The molecule has 0 N–H and O–H groups in total. The molecule has 0 bridgehead atoms.